The third-order valence-electron chi connectivity index (χ3n) is 4.93. The molecule has 0 fully saturated rings. The normalized spacial score (nSPS) is 11.7. The number of nitrogens with zero attached hydrogens (tertiary/aromatic N) is 2. The number of nitrogens with one attached hydrogen (secondary N) is 1. The number of rotatable bonds is 8. The number of ether oxygens (including phenoxy) is 3. The first kappa shape index (κ1) is 21.2. The molecule has 4 rings (SSSR count). The lowest BCUT2D eigenvalue weighted by atomic mass is 10.1. The van der Waals surface area contributed by atoms with Gasteiger partial charge in [-0.1, -0.05) is 35.5 Å². The number of aromatic nitrogens is 2. The molecule has 3 aromatic carbocycles. The second-order valence-electron chi connectivity index (χ2n) is 7.06. The molecule has 0 saturated heterocycles. The first-order chi connectivity index (χ1) is 15.6. The number of methoxy groups -OCH3 is 2. The molecule has 0 saturated carbocycles. The van der Waals surface area contributed by atoms with Gasteiger partial charge in [0.1, 0.15) is 17.2 Å². The quantitative estimate of drug-likeness (QED) is 0.449. The summed E-state index contributed by atoms with van der Waals surface area (Å²) in [7, 11) is 3.13. The number of hydrogen-bond acceptors (Lipinski definition) is 7. The molecule has 0 aliphatic carbocycles. The molecule has 8 heteroatoms. The zero-order valence-corrected chi connectivity index (χ0v) is 18.0. The van der Waals surface area contributed by atoms with Crippen LogP contribution in [0.3, 0.4) is 0 Å². The summed E-state index contributed by atoms with van der Waals surface area (Å²) in [6, 6.07) is 19.0. The van der Waals surface area contributed by atoms with Crippen LogP contribution in [0.5, 0.6) is 17.2 Å². The monoisotopic (exact) mass is 433 g/mol. The van der Waals surface area contributed by atoms with Crippen LogP contribution in [0.15, 0.2) is 65.2 Å². The van der Waals surface area contributed by atoms with E-state index in [1.807, 2.05) is 42.5 Å². The molecule has 0 unspecified atom stereocenters. The SMILES string of the molecule is COc1ccc(-c2noc(CNC(=O)[C@H](C)Oc3ccc4ccccc4c3)n2)c(OC)c1. The van der Waals surface area contributed by atoms with Crippen LogP contribution >= 0.6 is 0 Å². The number of fused-ring (bicyclic) bond motifs is 1. The molecular formula is C24H23N3O5. The summed E-state index contributed by atoms with van der Waals surface area (Å²) in [5.41, 5.74) is 0.655. The van der Waals surface area contributed by atoms with Gasteiger partial charge in [0.25, 0.3) is 5.91 Å². The predicted molar refractivity (Wildman–Crippen MR) is 119 cm³/mol. The molecule has 8 nitrogen and oxygen atoms in total. The van der Waals surface area contributed by atoms with Crippen molar-refractivity contribution in [2.24, 2.45) is 0 Å². The zero-order chi connectivity index (χ0) is 22.5. The minimum atomic E-state index is -0.694. The van der Waals surface area contributed by atoms with E-state index in [0.29, 0.717) is 28.6 Å². The van der Waals surface area contributed by atoms with Gasteiger partial charge in [-0.3, -0.25) is 4.79 Å². The summed E-state index contributed by atoms with van der Waals surface area (Å²) in [4.78, 5) is 16.8. The van der Waals surface area contributed by atoms with Crippen molar-refractivity contribution in [2.45, 2.75) is 19.6 Å². The minimum Gasteiger partial charge on any atom is -0.497 e. The molecule has 0 radical (unpaired) electrons. The van der Waals surface area contributed by atoms with Gasteiger partial charge in [-0.15, -0.1) is 0 Å². The van der Waals surface area contributed by atoms with E-state index >= 15 is 0 Å². The van der Waals surface area contributed by atoms with Gasteiger partial charge < -0.3 is 24.1 Å². The first-order valence-corrected chi connectivity index (χ1v) is 10.1. The summed E-state index contributed by atoms with van der Waals surface area (Å²) >= 11 is 0. The van der Waals surface area contributed by atoms with Gasteiger partial charge in [-0.2, -0.15) is 4.98 Å². The van der Waals surface area contributed by atoms with Crippen LogP contribution in [0.1, 0.15) is 12.8 Å². The molecule has 0 bridgehead atoms. The van der Waals surface area contributed by atoms with Gasteiger partial charge in [0.05, 0.1) is 26.3 Å². The number of benzene rings is 3. The molecule has 1 heterocycles. The van der Waals surface area contributed by atoms with Gasteiger partial charge in [-0.25, -0.2) is 0 Å². The highest BCUT2D eigenvalue weighted by molar-refractivity contribution is 5.84. The minimum absolute atomic E-state index is 0.0791. The molecule has 0 aliphatic heterocycles. The van der Waals surface area contributed by atoms with Crippen LogP contribution in [0.2, 0.25) is 0 Å². The Morgan fingerprint density at radius 2 is 1.78 bits per heavy atom. The number of carbonyl (C=O) groups is 1. The molecule has 1 N–H and O–H groups in total. The third-order valence-corrected chi connectivity index (χ3v) is 4.93. The third kappa shape index (κ3) is 4.64. The smallest absolute Gasteiger partial charge is 0.261 e. The molecular weight excluding hydrogens is 410 g/mol. The van der Waals surface area contributed by atoms with Crippen LogP contribution in [0.4, 0.5) is 0 Å². The largest absolute Gasteiger partial charge is 0.497 e. The van der Waals surface area contributed by atoms with Gasteiger partial charge in [0.15, 0.2) is 6.10 Å². The Kier molecular flexibility index (Phi) is 6.21. The fourth-order valence-corrected chi connectivity index (χ4v) is 3.22. The fourth-order valence-electron chi connectivity index (χ4n) is 3.22. The Hall–Kier alpha value is -4.07. The van der Waals surface area contributed by atoms with Crippen LogP contribution in [-0.4, -0.2) is 36.4 Å². The molecule has 0 spiro atoms. The Morgan fingerprint density at radius 1 is 1.00 bits per heavy atom. The molecule has 32 heavy (non-hydrogen) atoms. The van der Waals surface area contributed by atoms with Crippen molar-refractivity contribution in [1.82, 2.24) is 15.5 Å². The Morgan fingerprint density at radius 3 is 2.56 bits per heavy atom. The molecule has 4 aromatic rings. The average Bonchev–Trinajstić information content (AvgIpc) is 3.30. The van der Waals surface area contributed by atoms with E-state index in [1.165, 1.54) is 0 Å². The van der Waals surface area contributed by atoms with Gasteiger partial charge in [0, 0.05) is 6.07 Å². The first-order valence-electron chi connectivity index (χ1n) is 10.1. The van der Waals surface area contributed by atoms with E-state index in [2.05, 4.69) is 15.5 Å². The van der Waals surface area contributed by atoms with E-state index in [0.717, 1.165) is 10.8 Å². The van der Waals surface area contributed by atoms with Gasteiger partial charge in [-0.05, 0) is 42.0 Å². The van der Waals surface area contributed by atoms with Crippen molar-refractivity contribution in [3.05, 3.63) is 66.6 Å². The summed E-state index contributed by atoms with van der Waals surface area (Å²) in [5.74, 6) is 2.16. The summed E-state index contributed by atoms with van der Waals surface area (Å²) in [6.45, 7) is 1.77. The summed E-state index contributed by atoms with van der Waals surface area (Å²) < 4.78 is 21.6. The van der Waals surface area contributed by atoms with Crippen molar-refractivity contribution < 1.29 is 23.5 Å². The van der Waals surface area contributed by atoms with E-state index in [9.17, 15) is 4.79 Å². The second-order valence-corrected chi connectivity index (χ2v) is 7.06. The zero-order valence-electron chi connectivity index (χ0n) is 18.0. The predicted octanol–water partition coefficient (Wildman–Crippen LogP) is 3.99. The van der Waals surface area contributed by atoms with Crippen LogP contribution in [0, 0.1) is 0 Å². The maximum Gasteiger partial charge on any atom is 0.261 e. The molecule has 0 aliphatic rings. The Labute approximate surface area is 185 Å². The van der Waals surface area contributed by atoms with E-state index in [1.54, 1.807) is 39.3 Å². The number of carbonyl (C=O) groups excluding carboxylic acids is 1. The van der Waals surface area contributed by atoms with Crippen molar-refractivity contribution in [3.63, 3.8) is 0 Å². The highest BCUT2D eigenvalue weighted by atomic mass is 16.5. The van der Waals surface area contributed by atoms with Crippen molar-refractivity contribution in [2.75, 3.05) is 14.2 Å². The lowest BCUT2D eigenvalue weighted by Gasteiger charge is -2.14. The Bertz CT molecular complexity index is 1240. The second kappa shape index (κ2) is 9.38. The standard InChI is InChI=1S/C24H23N3O5/c1-15(31-19-9-8-16-6-4-5-7-17(16)12-19)24(28)25-14-22-26-23(27-32-22)20-11-10-18(29-2)13-21(20)30-3/h4-13,15H,14H2,1-3H3,(H,25,28)/t15-/m0/s1. The number of hydrogen-bond donors (Lipinski definition) is 1. The summed E-state index contributed by atoms with van der Waals surface area (Å²) in [6.07, 6.45) is -0.694. The van der Waals surface area contributed by atoms with Crippen molar-refractivity contribution in [3.8, 4) is 28.6 Å². The summed E-state index contributed by atoms with van der Waals surface area (Å²) in [5, 5.41) is 8.89. The van der Waals surface area contributed by atoms with Crippen molar-refractivity contribution >= 4 is 16.7 Å². The molecule has 1 aromatic heterocycles. The van der Waals surface area contributed by atoms with Gasteiger partial charge in [0.2, 0.25) is 11.7 Å². The van der Waals surface area contributed by atoms with E-state index in [4.69, 9.17) is 18.7 Å². The van der Waals surface area contributed by atoms with E-state index in [-0.39, 0.29) is 18.3 Å². The lowest BCUT2D eigenvalue weighted by Crippen LogP contribution is -2.35. The highest BCUT2D eigenvalue weighted by Gasteiger charge is 2.18. The molecule has 1 atom stereocenters. The highest BCUT2D eigenvalue weighted by Crippen LogP contribution is 2.31. The Balaban J connectivity index is 1.37. The molecule has 164 valence electrons. The average molecular weight is 433 g/mol. The van der Waals surface area contributed by atoms with Crippen LogP contribution in [-0.2, 0) is 11.3 Å². The fraction of sp³-hybridized carbons (Fsp3) is 0.208. The van der Waals surface area contributed by atoms with Gasteiger partial charge >= 0.3 is 0 Å². The number of amides is 1. The molecule has 1 amide bonds. The van der Waals surface area contributed by atoms with Crippen LogP contribution in [0.25, 0.3) is 22.2 Å². The van der Waals surface area contributed by atoms with E-state index < -0.39 is 6.10 Å². The maximum absolute atomic E-state index is 12.5. The lowest BCUT2D eigenvalue weighted by molar-refractivity contribution is -0.127. The maximum atomic E-state index is 12.5. The van der Waals surface area contributed by atoms with Crippen molar-refractivity contribution in [1.29, 1.82) is 0 Å². The van der Waals surface area contributed by atoms with Crippen LogP contribution < -0.4 is 19.5 Å². The topological polar surface area (TPSA) is 95.7 Å².